The first-order valence-electron chi connectivity index (χ1n) is 7.69. The molecule has 118 valence electrons. The van der Waals surface area contributed by atoms with Gasteiger partial charge in [-0.2, -0.15) is 0 Å². The average Bonchev–Trinajstić information content (AvgIpc) is 3.18. The fourth-order valence-corrected chi connectivity index (χ4v) is 3.18. The number of hydrogen-bond donors (Lipinski definition) is 0. The van der Waals surface area contributed by atoms with E-state index in [1.807, 2.05) is 36.7 Å². The lowest BCUT2D eigenvalue weighted by molar-refractivity contribution is 0.198. The number of fused-ring (bicyclic) bond motifs is 1. The van der Waals surface area contributed by atoms with Crippen LogP contribution in [0.15, 0.2) is 49.1 Å². The molecule has 0 spiro atoms. The maximum atomic E-state index is 6.16. The molecule has 5 nitrogen and oxygen atoms in total. The second kappa shape index (κ2) is 6.18. The van der Waals surface area contributed by atoms with Gasteiger partial charge in [0.25, 0.3) is 0 Å². The molecule has 0 amide bonds. The summed E-state index contributed by atoms with van der Waals surface area (Å²) >= 11 is 6.16. The number of likely N-dealkylation sites (tertiary alicyclic amines) is 1. The van der Waals surface area contributed by atoms with Crippen molar-refractivity contribution < 1.29 is 4.74 Å². The zero-order chi connectivity index (χ0) is 15.6. The van der Waals surface area contributed by atoms with Crippen LogP contribution in [0.2, 0.25) is 5.02 Å². The van der Waals surface area contributed by atoms with E-state index in [1.54, 1.807) is 12.4 Å². The van der Waals surface area contributed by atoms with Crippen molar-refractivity contribution >= 4 is 17.2 Å². The summed E-state index contributed by atoms with van der Waals surface area (Å²) in [7, 11) is 0. The quantitative estimate of drug-likeness (QED) is 0.738. The third-order valence-electron chi connectivity index (χ3n) is 4.14. The summed E-state index contributed by atoms with van der Waals surface area (Å²) in [6.07, 6.45) is 8.60. The molecule has 1 aliphatic rings. The Labute approximate surface area is 139 Å². The van der Waals surface area contributed by atoms with Gasteiger partial charge in [-0.1, -0.05) is 23.7 Å². The van der Waals surface area contributed by atoms with E-state index < -0.39 is 0 Å². The van der Waals surface area contributed by atoms with Crippen LogP contribution >= 0.6 is 11.6 Å². The van der Waals surface area contributed by atoms with Crippen LogP contribution in [0.3, 0.4) is 0 Å². The SMILES string of the molecule is Clc1ccccc1O[C@@H]1CCN(Cc2cnc3cnccn23)C1. The Morgan fingerprint density at radius 3 is 3.09 bits per heavy atom. The second-order valence-electron chi connectivity index (χ2n) is 5.75. The van der Waals surface area contributed by atoms with E-state index in [1.165, 1.54) is 5.69 Å². The smallest absolute Gasteiger partial charge is 0.155 e. The van der Waals surface area contributed by atoms with Gasteiger partial charge in [0.05, 0.1) is 23.1 Å². The molecule has 0 N–H and O–H groups in total. The molecule has 0 aliphatic carbocycles. The fraction of sp³-hybridized carbons (Fsp3) is 0.294. The van der Waals surface area contributed by atoms with Gasteiger partial charge in [0.1, 0.15) is 11.9 Å². The summed E-state index contributed by atoms with van der Waals surface area (Å²) in [6.45, 7) is 2.75. The summed E-state index contributed by atoms with van der Waals surface area (Å²) in [4.78, 5) is 10.9. The van der Waals surface area contributed by atoms with E-state index in [2.05, 4.69) is 19.3 Å². The Hall–Kier alpha value is -2.11. The first-order chi connectivity index (χ1) is 11.3. The van der Waals surface area contributed by atoms with Crippen LogP contribution < -0.4 is 4.74 Å². The second-order valence-corrected chi connectivity index (χ2v) is 6.16. The van der Waals surface area contributed by atoms with Gasteiger partial charge in [-0.25, -0.2) is 4.98 Å². The molecule has 0 radical (unpaired) electrons. The molecule has 23 heavy (non-hydrogen) atoms. The zero-order valence-electron chi connectivity index (χ0n) is 12.6. The van der Waals surface area contributed by atoms with Crippen LogP contribution in [0.1, 0.15) is 12.1 Å². The van der Waals surface area contributed by atoms with Gasteiger partial charge in [0, 0.05) is 32.0 Å². The normalized spacial score (nSPS) is 18.6. The molecule has 3 aromatic rings. The molecular weight excluding hydrogens is 312 g/mol. The predicted molar refractivity (Wildman–Crippen MR) is 88.7 cm³/mol. The van der Waals surface area contributed by atoms with Crippen LogP contribution in [0.4, 0.5) is 0 Å². The molecule has 1 fully saturated rings. The van der Waals surface area contributed by atoms with E-state index in [-0.39, 0.29) is 6.10 Å². The fourth-order valence-electron chi connectivity index (χ4n) is 3.00. The third-order valence-corrected chi connectivity index (χ3v) is 4.45. The number of halogens is 1. The maximum absolute atomic E-state index is 6.16. The molecule has 0 bridgehead atoms. The molecule has 3 heterocycles. The number of rotatable bonds is 4. The van der Waals surface area contributed by atoms with Crippen molar-refractivity contribution in [2.24, 2.45) is 0 Å². The van der Waals surface area contributed by atoms with Crippen molar-refractivity contribution in [1.29, 1.82) is 0 Å². The first-order valence-corrected chi connectivity index (χ1v) is 8.07. The monoisotopic (exact) mass is 328 g/mol. The van der Waals surface area contributed by atoms with E-state index in [9.17, 15) is 0 Å². The van der Waals surface area contributed by atoms with Crippen molar-refractivity contribution in [3.05, 3.63) is 59.8 Å². The van der Waals surface area contributed by atoms with Crippen molar-refractivity contribution in [2.75, 3.05) is 13.1 Å². The molecule has 1 aliphatic heterocycles. The van der Waals surface area contributed by atoms with Gasteiger partial charge in [-0.05, 0) is 18.6 Å². The van der Waals surface area contributed by atoms with Gasteiger partial charge in [-0.15, -0.1) is 0 Å². The third kappa shape index (κ3) is 3.02. The number of aromatic nitrogens is 3. The number of para-hydroxylation sites is 1. The summed E-state index contributed by atoms with van der Waals surface area (Å²) in [5, 5.41) is 0.667. The predicted octanol–water partition coefficient (Wildman–Crippen LogP) is 3.04. The van der Waals surface area contributed by atoms with Crippen LogP contribution in [0, 0.1) is 0 Å². The van der Waals surface area contributed by atoms with Crippen LogP contribution in [0.25, 0.3) is 5.65 Å². The van der Waals surface area contributed by atoms with E-state index >= 15 is 0 Å². The maximum Gasteiger partial charge on any atom is 0.155 e. The highest BCUT2D eigenvalue weighted by Crippen LogP contribution is 2.26. The highest BCUT2D eigenvalue weighted by Gasteiger charge is 2.25. The van der Waals surface area contributed by atoms with Crippen molar-refractivity contribution in [3.8, 4) is 5.75 Å². The highest BCUT2D eigenvalue weighted by molar-refractivity contribution is 6.32. The van der Waals surface area contributed by atoms with Gasteiger partial charge >= 0.3 is 0 Å². The van der Waals surface area contributed by atoms with Crippen molar-refractivity contribution in [3.63, 3.8) is 0 Å². The molecule has 1 aromatic carbocycles. The largest absolute Gasteiger partial charge is 0.487 e. The molecule has 4 rings (SSSR count). The highest BCUT2D eigenvalue weighted by atomic mass is 35.5. The minimum atomic E-state index is 0.177. The Bertz CT molecular complexity index is 819. The minimum absolute atomic E-state index is 0.177. The number of hydrogen-bond acceptors (Lipinski definition) is 4. The number of imidazole rings is 1. The summed E-state index contributed by atoms with van der Waals surface area (Å²) in [5.41, 5.74) is 2.05. The lowest BCUT2D eigenvalue weighted by Gasteiger charge is -2.17. The molecule has 6 heteroatoms. The summed E-state index contributed by atoms with van der Waals surface area (Å²) in [5.74, 6) is 0.766. The Morgan fingerprint density at radius 2 is 2.17 bits per heavy atom. The molecule has 1 atom stereocenters. The molecule has 1 saturated heterocycles. The van der Waals surface area contributed by atoms with Gasteiger partial charge in [-0.3, -0.25) is 14.3 Å². The minimum Gasteiger partial charge on any atom is -0.487 e. The molecule has 2 aromatic heterocycles. The van der Waals surface area contributed by atoms with Crippen LogP contribution in [-0.4, -0.2) is 38.5 Å². The van der Waals surface area contributed by atoms with Gasteiger partial charge < -0.3 is 4.74 Å². The van der Waals surface area contributed by atoms with Crippen molar-refractivity contribution in [2.45, 2.75) is 19.1 Å². The van der Waals surface area contributed by atoms with Gasteiger partial charge in [0.15, 0.2) is 5.65 Å². The van der Waals surface area contributed by atoms with Gasteiger partial charge in [0.2, 0.25) is 0 Å². The molecule has 0 saturated carbocycles. The topological polar surface area (TPSA) is 42.7 Å². The lowest BCUT2D eigenvalue weighted by Crippen LogP contribution is -2.25. The zero-order valence-corrected chi connectivity index (χ0v) is 13.4. The number of ether oxygens (including phenoxy) is 1. The standard InChI is InChI=1S/C17H17ClN4O/c18-15-3-1-2-4-16(15)23-14-5-7-21(12-14)11-13-9-20-17-10-19-6-8-22(13)17/h1-4,6,8-10,14H,5,7,11-12H2/t14-/m1/s1. The Morgan fingerprint density at radius 1 is 1.26 bits per heavy atom. The van der Waals surface area contributed by atoms with E-state index in [0.717, 1.165) is 37.5 Å². The average molecular weight is 329 g/mol. The van der Waals surface area contributed by atoms with E-state index in [4.69, 9.17) is 16.3 Å². The number of benzene rings is 1. The Balaban J connectivity index is 1.42. The summed E-state index contributed by atoms with van der Waals surface area (Å²) < 4.78 is 8.12. The molecular formula is C17H17ClN4O. The van der Waals surface area contributed by atoms with Crippen LogP contribution in [-0.2, 0) is 6.54 Å². The lowest BCUT2D eigenvalue weighted by atomic mass is 10.3. The van der Waals surface area contributed by atoms with Crippen molar-refractivity contribution in [1.82, 2.24) is 19.3 Å². The Kier molecular flexibility index (Phi) is 3.89. The first kappa shape index (κ1) is 14.5. The molecule has 0 unspecified atom stereocenters. The van der Waals surface area contributed by atoms with Crippen LogP contribution in [0.5, 0.6) is 5.75 Å². The van der Waals surface area contributed by atoms with E-state index in [0.29, 0.717) is 5.02 Å². The number of nitrogens with zero attached hydrogens (tertiary/aromatic N) is 4. The summed E-state index contributed by atoms with van der Waals surface area (Å²) in [6, 6.07) is 7.63.